The standard InChI is InChI=1S/C43H70N3O13PS/c1-9-31(22-33(48)13-17-57-19-18-56-16-12-29(4)47)41(53)44-15-20-60(54,55)45-25-37-46-32(26-61-37)21-28(3)34-23-36-43(8,59-36)14-10-11-27(2)39(51)30(5)40(52)42(6,7)35(49)24-38(50)58-34/h21,26-27,30-31,34-36,39,49,51H,9-20,22-25H2,1-8H3,(H,44,53)(H2,45,54,55)/b28-21+/t27-,30+,31+,34?,35-,36-,39-,43+/m1/s1. The molecule has 5 N–H and O–H groups in total. The fourth-order valence-corrected chi connectivity index (χ4v) is 9.13. The second-order valence-corrected chi connectivity index (χ2v) is 20.6. The van der Waals surface area contributed by atoms with Gasteiger partial charge < -0.3 is 39.4 Å². The average Bonchev–Trinajstić information content (AvgIpc) is 3.59. The minimum absolute atomic E-state index is 0.00862. The second-order valence-electron chi connectivity index (χ2n) is 17.5. The van der Waals surface area contributed by atoms with Crippen LogP contribution < -0.4 is 10.4 Å². The van der Waals surface area contributed by atoms with Crippen molar-refractivity contribution in [2.24, 2.45) is 23.2 Å². The highest BCUT2D eigenvalue weighted by molar-refractivity contribution is 7.55. The molecule has 2 unspecified atom stereocenters. The molecule has 1 aromatic heterocycles. The minimum Gasteiger partial charge on any atom is -0.458 e. The van der Waals surface area contributed by atoms with Crippen LogP contribution in [0.2, 0.25) is 0 Å². The maximum Gasteiger partial charge on any atom is 0.309 e. The number of thiazole rings is 1. The summed E-state index contributed by atoms with van der Waals surface area (Å²) in [7, 11) is -3.88. The molecular formula is C43H70N3O13PS. The van der Waals surface area contributed by atoms with Crippen molar-refractivity contribution < 1.29 is 62.6 Å². The zero-order valence-electron chi connectivity index (χ0n) is 37.2. The van der Waals surface area contributed by atoms with Crippen molar-refractivity contribution in [3.63, 3.8) is 0 Å². The van der Waals surface area contributed by atoms with Crippen molar-refractivity contribution in [2.45, 2.75) is 150 Å². The number of aromatic nitrogens is 1. The molecular weight excluding hydrogens is 830 g/mol. The third-order valence-electron chi connectivity index (χ3n) is 11.9. The van der Waals surface area contributed by atoms with E-state index < -0.39 is 61.1 Å². The highest BCUT2D eigenvalue weighted by Gasteiger charge is 2.53. The summed E-state index contributed by atoms with van der Waals surface area (Å²) >= 11 is 1.27. The predicted molar refractivity (Wildman–Crippen MR) is 231 cm³/mol. The molecule has 0 saturated carbocycles. The van der Waals surface area contributed by atoms with E-state index in [0.717, 1.165) is 12.8 Å². The summed E-state index contributed by atoms with van der Waals surface area (Å²) in [5.74, 6) is -2.92. The van der Waals surface area contributed by atoms with E-state index in [-0.39, 0.29) is 74.0 Å². The van der Waals surface area contributed by atoms with E-state index >= 15 is 0 Å². The van der Waals surface area contributed by atoms with Crippen LogP contribution in [0.15, 0.2) is 11.0 Å². The maximum atomic E-state index is 13.4. The number of amides is 1. The Morgan fingerprint density at radius 1 is 1.08 bits per heavy atom. The highest BCUT2D eigenvalue weighted by atomic mass is 32.1. The molecule has 16 nitrogen and oxygen atoms in total. The molecule has 2 aliphatic heterocycles. The molecule has 0 spiro atoms. The molecule has 346 valence electrons. The van der Waals surface area contributed by atoms with Gasteiger partial charge in [0.25, 0.3) is 7.52 Å². The first-order valence-corrected chi connectivity index (χ1v) is 24.2. The summed E-state index contributed by atoms with van der Waals surface area (Å²) in [5, 5.41) is 29.7. The topological polar surface area (TPSA) is 240 Å². The van der Waals surface area contributed by atoms with Gasteiger partial charge in [-0.15, -0.1) is 11.3 Å². The lowest BCUT2D eigenvalue weighted by Gasteiger charge is -2.34. The molecule has 1 amide bonds. The number of aliphatic hydroxyl groups is 2. The lowest BCUT2D eigenvalue weighted by Crippen LogP contribution is -2.45. The van der Waals surface area contributed by atoms with Gasteiger partial charge >= 0.3 is 5.97 Å². The quantitative estimate of drug-likeness (QED) is 0.0475. The van der Waals surface area contributed by atoms with Crippen molar-refractivity contribution in [1.82, 2.24) is 15.4 Å². The number of Topliss-reactive ketones (excluding diaryl/α,β-unsaturated/α-hetero) is 3. The van der Waals surface area contributed by atoms with Crippen molar-refractivity contribution in [3.05, 3.63) is 21.7 Å². The van der Waals surface area contributed by atoms with Gasteiger partial charge in [-0.3, -0.25) is 28.5 Å². The van der Waals surface area contributed by atoms with Crippen molar-refractivity contribution >= 4 is 54.2 Å². The molecule has 1 aromatic rings. The Bertz CT molecular complexity index is 1720. The molecule has 0 aromatic carbocycles. The van der Waals surface area contributed by atoms with Crippen molar-refractivity contribution in [2.75, 3.05) is 39.1 Å². The molecule has 61 heavy (non-hydrogen) atoms. The van der Waals surface area contributed by atoms with Crippen LogP contribution in [-0.4, -0.2) is 118 Å². The van der Waals surface area contributed by atoms with Crippen LogP contribution in [-0.2, 0) is 54.0 Å². The van der Waals surface area contributed by atoms with Gasteiger partial charge in [0.1, 0.15) is 28.5 Å². The number of epoxide rings is 1. The Balaban J connectivity index is 1.52. The number of ketones is 3. The van der Waals surface area contributed by atoms with Crippen molar-refractivity contribution in [3.8, 4) is 0 Å². The molecule has 0 bridgehead atoms. The highest BCUT2D eigenvalue weighted by Crippen LogP contribution is 2.45. The fraction of sp³-hybridized carbons (Fsp3) is 0.767. The van der Waals surface area contributed by atoms with E-state index in [1.807, 2.05) is 20.8 Å². The molecule has 2 fully saturated rings. The van der Waals surface area contributed by atoms with Gasteiger partial charge in [0.2, 0.25) is 5.91 Å². The largest absolute Gasteiger partial charge is 0.458 e. The molecule has 2 aliphatic rings. The molecule has 18 heteroatoms. The number of carbonyl (C=O) groups is 5. The van der Waals surface area contributed by atoms with Gasteiger partial charge in [0, 0.05) is 49.4 Å². The van der Waals surface area contributed by atoms with E-state index in [4.69, 9.17) is 18.9 Å². The minimum atomic E-state index is -3.88. The average molecular weight is 900 g/mol. The summed E-state index contributed by atoms with van der Waals surface area (Å²) in [5.41, 5.74) is -0.504. The van der Waals surface area contributed by atoms with Crippen molar-refractivity contribution in [1.29, 1.82) is 0 Å². The Morgan fingerprint density at radius 2 is 1.75 bits per heavy atom. The molecule has 2 saturated heterocycles. The number of cyclic esters (lactones) is 1. The van der Waals surface area contributed by atoms with Crippen LogP contribution in [0, 0.1) is 23.2 Å². The van der Waals surface area contributed by atoms with E-state index in [1.54, 1.807) is 39.2 Å². The van der Waals surface area contributed by atoms with Gasteiger partial charge in [0.05, 0.1) is 80.6 Å². The van der Waals surface area contributed by atoms with Gasteiger partial charge in [-0.2, -0.15) is 0 Å². The van der Waals surface area contributed by atoms with Gasteiger partial charge in [-0.05, 0) is 57.6 Å². The number of hydrogen-bond donors (Lipinski definition) is 5. The zero-order chi connectivity index (χ0) is 45.5. The van der Waals surface area contributed by atoms with Crippen LogP contribution >= 0.6 is 18.9 Å². The van der Waals surface area contributed by atoms with Gasteiger partial charge in [-0.1, -0.05) is 41.0 Å². The van der Waals surface area contributed by atoms with Crippen LogP contribution in [0.25, 0.3) is 6.08 Å². The number of fused-ring (bicyclic) bond motifs is 1. The number of nitrogens with one attached hydrogen (secondary N) is 2. The summed E-state index contributed by atoms with van der Waals surface area (Å²) in [6.45, 7) is 14.9. The van der Waals surface area contributed by atoms with E-state index in [2.05, 4.69) is 15.4 Å². The second kappa shape index (κ2) is 24.4. The van der Waals surface area contributed by atoms with Crippen LogP contribution in [0.5, 0.6) is 0 Å². The number of carbonyl (C=O) groups excluding carboxylic acids is 5. The Morgan fingerprint density at radius 3 is 2.41 bits per heavy atom. The molecule has 0 aliphatic carbocycles. The van der Waals surface area contributed by atoms with Gasteiger partial charge in [-0.25, -0.2) is 10.1 Å². The van der Waals surface area contributed by atoms with Crippen LogP contribution in [0.1, 0.15) is 124 Å². The number of hydrogen-bond acceptors (Lipinski definition) is 14. The van der Waals surface area contributed by atoms with Gasteiger partial charge in [0.15, 0.2) is 0 Å². The van der Waals surface area contributed by atoms with Crippen LogP contribution in [0.4, 0.5) is 0 Å². The number of esters is 1. The fourth-order valence-electron chi connectivity index (χ4n) is 7.36. The third-order valence-corrected chi connectivity index (χ3v) is 14.2. The van der Waals surface area contributed by atoms with Crippen LogP contribution in [0.3, 0.4) is 0 Å². The summed E-state index contributed by atoms with van der Waals surface area (Å²) in [6, 6.07) is 0. The number of aliphatic hydroxyl groups excluding tert-OH is 2. The van der Waals surface area contributed by atoms with E-state index in [1.165, 1.54) is 18.3 Å². The number of ether oxygens (including phenoxy) is 4. The molecule has 3 rings (SSSR count). The number of rotatable bonds is 21. The smallest absolute Gasteiger partial charge is 0.309 e. The first kappa shape index (κ1) is 52.6. The normalized spacial score (nSPS) is 28.0. The molecule has 9 atom stereocenters. The number of nitrogens with zero attached hydrogens (tertiary/aromatic N) is 1. The van der Waals surface area contributed by atoms with E-state index in [9.17, 15) is 43.6 Å². The summed E-state index contributed by atoms with van der Waals surface area (Å²) in [6.07, 6.45) is 1.48. The Labute approximate surface area is 364 Å². The lowest BCUT2D eigenvalue weighted by molar-refractivity contribution is -0.154. The summed E-state index contributed by atoms with van der Waals surface area (Å²) < 4.78 is 35.7. The lowest BCUT2D eigenvalue weighted by atomic mass is 9.73. The Hall–Kier alpha value is -2.73. The predicted octanol–water partition coefficient (Wildman–Crippen LogP) is 4.95. The zero-order valence-corrected chi connectivity index (χ0v) is 38.9. The maximum absolute atomic E-state index is 13.4. The van der Waals surface area contributed by atoms with E-state index in [0.29, 0.717) is 61.8 Å². The first-order chi connectivity index (χ1) is 28.6. The monoisotopic (exact) mass is 899 g/mol. The molecule has 3 heterocycles. The third kappa shape index (κ3) is 17.4. The first-order valence-electron chi connectivity index (χ1n) is 21.5. The molecule has 0 radical (unpaired) electrons. The Kier molecular flexibility index (Phi) is 21.0. The summed E-state index contributed by atoms with van der Waals surface area (Å²) in [4.78, 5) is 78.1. The SMILES string of the molecule is CC[C@@H](CC(=O)CCOCCOCCC(C)=O)C(=O)NCCP(=O)(O)NCc1nc(/C=C(\C)C2C[C@H]3O[C@@]3(C)CCC[C@@H](C)[C@@H](O)[C@H](C)C(=O)C(C)(C)[C@H](O)CC(=O)O2)cs1.